The highest BCUT2D eigenvalue weighted by Gasteiger charge is 1.91. The summed E-state index contributed by atoms with van der Waals surface area (Å²) in [7, 11) is 0. The first-order chi connectivity index (χ1) is 6.36. The van der Waals surface area contributed by atoms with E-state index in [1.807, 2.05) is 0 Å². The van der Waals surface area contributed by atoms with Gasteiger partial charge >= 0.3 is 0 Å². The molecule has 0 bridgehead atoms. The number of oxime groups is 1. The first-order valence-corrected chi connectivity index (χ1v) is 3.70. The highest BCUT2D eigenvalue weighted by Crippen LogP contribution is 2.10. The molecule has 0 saturated heterocycles. The smallest absolute Gasteiger partial charge is 0.148 e. The van der Waals surface area contributed by atoms with E-state index in [2.05, 4.69) is 11.1 Å². The SMILES string of the molecule is C#CCOc1ccc(C=NO)cc1. The van der Waals surface area contributed by atoms with E-state index in [0.29, 0.717) is 5.75 Å². The molecule has 0 saturated carbocycles. The molecule has 1 aromatic rings. The number of nitrogens with zero attached hydrogens (tertiary/aromatic N) is 1. The van der Waals surface area contributed by atoms with Gasteiger partial charge in [-0.25, -0.2) is 0 Å². The normalized spacial score (nSPS) is 9.77. The van der Waals surface area contributed by atoms with Gasteiger partial charge in [-0.2, -0.15) is 0 Å². The molecule has 66 valence electrons. The Morgan fingerprint density at radius 2 is 2.15 bits per heavy atom. The maximum absolute atomic E-state index is 8.24. The van der Waals surface area contributed by atoms with Crippen molar-refractivity contribution < 1.29 is 9.94 Å². The molecule has 1 N–H and O–H groups in total. The molecule has 0 unspecified atom stereocenters. The van der Waals surface area contributed by atoms with Crippen LogP contribution in [-0.4, -0.2) is 18.0 Å². The second-order valence-electron chi connectivity index (χ2n) is 2.31. The number of ether oxygens (including phenoxy) is 1. The van der Waals surface area contributed by atoms with Crippen molar-refractivity contribution in [1.82, 2.24) is 0 Å². The highest BCUT2D eigenvalue weighted by atomic mass is 16.5. The van der Waals surface area contributed by atoms with Crippen molar-refractivity contribution in [2.45, 2.75) is 0 Å². The third-order valence-electron chi connectivity index (χ3n) is 1.41. The van der Waals surface area contributed by atoms with E-state index >= 15 is 0 Å². The van der Waals surface area contributed by atoms with Crippen LogP contribution in [0.4, 0.5) is 0 Å². The maximum Gasteiger partial charge on any atom is 0.148 e. The third kappa shape index (κ3) is 2.88. The quantitative estimate of drug-likeness (QED) is 0.327. The van der Waals surface area contributed by atoms with Gasteiger partial charge < -0.3 is 9.94 Å². The molecule has 3 heteroatoms. The zero-order valence-electron chi connectivity index (χ0n) is 6.97. The minimum Gasteiger partial charge on any atom is -0.481 e. The zero-order valence-corrected chi connectivity index (χ0v) is 6.97. The summed E-state index contributed by atoms with van der Waals surface area (Å²) < 4.78 is 5.15. The van der Waals surface area contributed by atoms with E-state index in [0.717, 1.165) is 5.56 Å². The average molecular weight is 175 g/mol. The lowest BCUT2D eigenvalue weighted by Gasteiger charge is -2.00. The fraction of sp³-hybridized carbons (Fsp3) is 0.100. The van der Waals surface area contributed by atoms with Crippen molar-refractivity contribution in [3.05, 3.63) is 29.8 Å². The Bertz CT molecular complexity index is 322. The Morgan fingerprint density at radius 1 is 1.46 bits per heavy atom. The standard InChI is InChI=1S/C10H9NO2/c1-2-7-13-10-5-3-9(4-6-10)8-11-12/h1,3-6,8,12H,7H2. The van der Waals surface area contributed by atoms with Crippen LogP contribution in [0.2, 0.25) is 0 Å². The molecule has 1 rings (SSSR count). The number of hydrogen-bond donors (Lipinski definition) is 1. The van der Waals surface area contributed by atoms with Crippen molar-refractivity contribution >= 4 is 6.21 Å². The van der Waals surface area contributed by atoms with Gasteiger partial charge in [-0.15, -0.1) is 6.42 Å². The van der Waals surface area contributed by atoms with Gasteiger partial charge in [0.2, 0.25) is 0 Å². The molecule has 0 aliphatic rings. The summed E-state index contributed by atoms with van der Waals surface area (Å²) in [6.07, 6.45) is 6.36. The van der Waals surface area contributed by atoms with Gasteiger partial charge in [-0.1, -0.05) is 11.1 Å². The van der Waals surface area contributed by atoms with Crippen LogP contribution in [0.1, 0.15) is 5.56 Å². The topological polar surface area (TPSA) is 41.8 Å². The minimum atomic E-state index is 0.257. The van der Waals surface area contributed by atoms with Gasteiger partial charge in [-0.3, -0.25) is 0 Å². The van der Waals surface area contributed by atoms with Crippen LogP contribution in [-0.2, 0) is 0 Å². The summed E-state index contributed by atoms with van der Waals surface area (Å²) in [6, 6.07) is 7.06. The molecule has 0 aromatic heterocycles. The fourth-order valence-corrected chi connectivity index (χ4v) is 0.842. The zero-order chi connectivity index (χ0) is 9.52. The Kier molecular flexibility index (Phi) is 3.40. The molecule has 1 aromatic carbocycles. The second kappa shape index (κ2) is 4.83. The lowest BCUT2D eigenvalue weighted by atomic mass is 10.2. The van der Waals surface area contributed by atoms with Crippen LogP contribution in [0.3, 0.4) is 0 Å². The van der Waals surface area contributed by atoms with E-state index in [9.17, 15) is 0 Å². The number of benzene rings is 1. The summed E-state index contributed by atoms with van der Waals surface area (Å²) >= 11 is 0. The van der Waals surface area contributed by atoms with Gasteiger partial charge in [0, 0.05) is 0 Å². The van der Waals surface area contributed by atoms with Crippen LogP contribution in [0.15, 0.2) is 29.4 Å². The molecule has 0 amide bonds. The predicted molar refractivity (Wildman–Crippen MR) is 50.2 cm³/mol. The second-order valence-corrected chi connectivity index (χ2v) is 2.31. The maximum atomic E-state index is 8.24. The monoisotopic (exact) mass is 175 g/mol. The van der Waals surface area contributed by atoms with Gasteiger partial charge in [-0.05, 0) is 29.8 Å². The van der Waals surface area contributed by atoms with Crippen LogP contribution >= 0.6 is 0 Å². The van der Waals surface area contributed by atoms with E-state index < -0.39 is 0 Å². The van der Waals surface area contributed by atoms with Crippen LogP contribution in [0, 0.1) is 12.3 Å². The lowest BCUT2D eigenvalue weighted by Crippen LogP contribution is -1.93. The Balaban J connectivity index is 2.65. The van der Waals surface area contributed by atoms with E-state index in [4.69, 9.17) is 16.4 Å². The number of hydrogen-bond acceptors (Lipinski definition) is 3. The van der Waals surface area contributed by atoms with Gasteiger partial charge in [0.15, 0.2) is 0 Å². The summed E-state index contributed by atoms with van der Waals surface area (Å²) in [5.41, 5.74) is 0.801. The fourth-order valence-electron chi connectivity index (χ4n) is 0.842. The van der Waals surface area contributed by atoms with E-state index in [-0.39, 0.29) is 6.61 Å². The molecule has 0 radical (unpaired) electrons. The van der Waals surface area contributed by atoms with Crippen LogP contribution < -0.4 is 4.74 Å². The largest absolute Gasteiger partial charge is 0.481 e. The summed E-state index contributed by atoms with van der Waals surface area (Å²) in [5, 5.41) is 11.1. The minimum absolute atomic E-state index is 0.257. The number of terminal acetylenes is 1. The Morgan fingerprint density at radius 3 is 2.69 bits per heavy atom. The predicted octanol–water partition coefficient (Wildman–Crippen LogP) is 1.51. The number of rotatable bonds is 3. The molecular formula is C10H9NO2. The van der Waals surface area contributed by atoms with E-state index in [1.165, 1.54) is 6.21 Å². The van der Waals surface area contributed by atoms with Crippen molar-refractivity contribution in [3.8, 4) is 18.1 Å². The summed E-state index contributed by atoms with van der Waals surface area (Å²) in [5.74, 6) is 3.07. The third-order valence-corrected chi connectivity index (χ3v) is 1.41. The van der Waals surface area contributed by atoms with Crippen molar-refractivity contribution in [1.29, 1.82) is 0 Å². The van der Waals surface area contributed by atoms with Gasteiger partial charge in [0.05, 0.1) is 6.21 Å². The molecule has 0 heterocycles. The van der Waals surface area contributed by atoms with Crippen molar-refractivity contribution in [2.75, 3.05) is 6.61 Å². The van der Waals surface area contributed by atoms with Crippen LogP contribution in [0.5, 0.6) is 5.75 Å². The molecule has 0 aliphatic heterocycles. The Hall–Kier alpha value is -1.95. The first kappa shape index (κ1) is 9.14. The van der Waals surface area contributed by atoms with Crippen molar-refractivity contribution in [2.24, 2.45) is 5.16 Å². The highest BCUT2D eigenvalue weighted by molar-refractivity contribution is 5.79. The Labute approximate surface area is 76.6 Å². The van der Waals surface area contributed by atoms with Gasteiger partial charge in [0.25, 0.3) is 0 Å². The molecule has 3 nitrogen and oxygen atoms in total. The summed E-state index contributed by atoms with van der Waals surface area (Å²) in [6.45, 7) is 0.257. The van der Waals surface area contributed by atoms with Gasteiger partial charge in [0.1, 0.15) is 12.4 Å². The summed E-state index contributed by atoms with van der Waals surface area (Å²) in [4.78, 5) is 0. The molecule has 13 heavy (non-hydrogen) atoms. The lowest BCUT2D eigenvalue weighted by molar-refractivity contribution is 0.322. The molecular weight excluding hydrogens is 166 g/mol. The molecule has 0 aliphatic carbocycles. The van der Waals surface area contributed by atoms with Crippen molar-refractivity contribution in [3.63, 3.8) is 0 Å². The van der Waals surface area contributed by atoms with E-state index in [1.54, 1.807) is 24.3 Å². The average Bonchev–Trinajstić information content (AvgIpc) is 2.17. The molecule has 0 spiro atoms. The molecule has 0 atom stereocenters. The first-order valence-electron chi connectivity index (χ1n) is 3.70. The van der Waals surface area contributed by atoms with Crippen LogP contribution in [0.25, 0.3) is 0 Å². The molecule has 0 fully saturated rings.